The second kappa shape index (κ2) is 4.12. The maximum Gasteiger partial charge on any atom is 0.145 e. The number of pyridine rings is 1. The van der Waals surface area contributed by atoms with Gasteiger partial charge in [0.05, 0.1) is 15.0 Å². The van der Waals surface area contributed by atoms with E-state index in [0.29, 0.717) is 14.6 Å². The second-order valence-corrected chi connectivity index (χ2v) is 5.47. The van der Waals surface area contributed by atoms with Crippen LogP contribution in [0, 0.1) is 3.57 Å². The highest BCUT2D eigenvalue weighted by Crippen LogP contribution is 2.35. The Morgan fingerprint density at radius 1 is 1.29 bits per heavy atom. The zero-order valence-corrected chi connectivity index (χ0v) is 11.9. The van der Waals surface area contributed by atoms with Crippen LogP contribution >= 0.6 is 61.7 Å². The number of benzene rings is 1. The monoisotopic (exact) mass is 401 g/mol. The van der Waals surface area contributed by atoms with Crippen molar-refractivity contribution in [2.45, 2.75) is 0 Å². The van der Waals surface area contributed by atoms with Gasteiger partial charge in [0, 0.05) is 8.96 Å². The van der Waals surface area contributed by atoms with Crippen LogP contribution in [-0.2, 0) is 0 Å². The molecule has 0 aliphatic carbocycles. The van der Waals surface area contributed by atoms with Crippen molar-refractivity contribution in [2.75, 3.05) is 0 Å². The number of fused-ring (bicyclic) bond motifs is 1. The van der Waals surface area contributed by atoms with Crippen molar-refractivity contribution in [2.24, 2.45) is 0 Å². The predicted octanol–water partition coefficient (Wildman–Crippen LogP) is 4.91. The lowest BCUT2D eigenvalue weighted by Gasteiger charge is -2.04. The smallest absolute Gasteiger partial charge is 0.145 e. The van der Waals surface area contributed by atoms with Crippen molar-refractivity contribution in [3.8, 4) is 0 Å². The highest BCUT2D eigenvalue weighted by molar-refractivity contribution is 14.1. The van der Waals surface area contributed by atoms with Crippen molar-refractivity contribution in [1.29, 1.82) is 0 Å². The van der Waals surface area contributed by atoms with Crippen LogP contribution < -0.4 is 0 Å². The van der Waals surface area contributed by atoms with E-state index in [9.17, 15) is 0 Å². The number of rotatable bonds is 0. The van der Waals surface area contributed by atoms with Crippen molar-refractivity contribution in [3.63, 3.8) is 0 Å². The van der Waals surface area contributed by atoms with Gasteiger partial charge in [-0.25, -0.2) is 4.98 Å². The fourth-order valence-electron chi connectivity index (χ4n) is 1.15. The van der Waals surface area contributed by atoms with E-state index < -0.39 is 0 Å². The van der Waals surface area contributed by atoms with E-state index in [0.717, 1.165) is 14.5 Å². The molecule has 0 fully saturated rings. The number of halogens is 4. The van der Waals surface area contributed by atoms with Gasteiger partial charge in [0.2, 0.25) is 0 Å². The molecule has 0 amide bonds. The molecule has 0 radical (unpaired) electrons. The number of hydrogen-bond acceptors (Lipinski definition) is 1. The third-order valence-corrected chi connectivity index (χ3v) is 4.35. The van der Waals surface area contributed by atoms with Gasteiger partial charge in [-0.3, -0.25) is 0 Å². The lowest BCUT2D eigenvalue weighted by Crippen LogP contribution is -1.85. The van der Waals surface area contributed by atoms with Gasteiger partial charge in [0.25, 0.3) is 0 Å². The van der Waals surface area contributed by atoms with Gasteiger partial charge in [-0.05, 0) is 56.7 Å². The summed E-state index contributed by atoms with van der Waals surface area (Å²) in [5, 5.41) is 1.91. The maximum absolute atomic E-state index is 6.13. The van der Waals surface area contributed by atoms with Crippen LogP contribution in [0.5, 0.6) is 0 Å². The minimum atomic E-state index is 0.392. The zero-order chi connectivity index (χ0) is 10.3. The van der Waals surface area contributed by atoms with Gasteiger partial charge < -0.3 is 0 Å². The Morgan fingerprint density at radius 2 is 2.00 bits per heavy atom. The topological polar surface area (TPSA) is 12.9 Å². The average molecular weight is 403 g/mol. The van der Waals surface area contributed by atoms with E-state index in [2.05, 4.69) is 43.5 Å². The van der Waals surface area contributed by atoms with Crippen molar-refractivity contribution in [3.05, 3.63) is 36.4 Å². The molecule has 0 spiro atoms. The molecule has 1 heterocycles. The molecule has 5 heteroatoms. The van der Waals surface area contributed by atoms with Gasteiger partial charge in [-0.2, -0.15) is 0 Å². The molecule has 1 aromatic heterocycles. The molecule has 1 nitrogen and oxygen atoms in total. The normalized spacial score (nSPS) is 10.9. The Balaban J connectivity index is 2.92. The van der Waals surface area contributed by atoms with Gasteiger partial charge in [-0.1, -0.05) is 23.2 Å². The summed E-state index contributed by atoms with van der Waals surface area (Å²) in [6.07, 6.45) is 0. The van der Waals surface area contributed by atoms with Crippen molar-refractivity contribution in [1.82, 2.24) is 4.98 Å². The molecule has 2 aromatic rings. The maximum atomic E-state index is 6.13. The summed E-state index contributed by atoms with van der Waals surface area (Å²) in [5.74, 6) is 0. The fourth-order valence-corrected chi connectivity index (χ4v) is 2.41. The minimum Gasteiger partial charge on any atom is -0.235 e. The predicted molar refractivity (Wildman–Crippen MR) is 72.2 cm³/mol. The molecule has 0 aliphatic heterocycles. The first-order chi connectivity index (χ1) is 6.59. The average Bonchev–Trinajstić information content (AvgIpc) is 2.16. The Morgan fingerprint density at radius 3 is 2.71 bits per heavy atom. The molecule has 0 atom stereocenters. The van der Waals surface area contributed by atoms with Crippen LogP contribution in [0.25, 0.3) is 10.9 Å². The molecule has 1 aromatic carbocycles. The molecular formula is C9H3BrCl2IN. The molecular weight excluding hydrogens is 400 g/mol. The fraction of sp³-hybridized carbons (Fsp3) is 0. The molecule has 0 saturated heterocycles. The van der Waals surface area contributed by atoms with Crippen LogP contribution in [0.3, 0.4) is 0 Å². The van der Waals surface area contributed by atoms with E-state index in [1.54, 1.807) is 0 Å². The molecule has 0 N–H and O–H groups in total. The number of hydrogen-bond donors (Lipinski definition) is 0. The summed E-state index contributed by atoms with van der Waals surface area (Å²) in [6.45, 7) is 0. The molecule has 0 bridgehead atoms. The molecule has 2 rings (SSSR count). The van der Waals surface area contributed by atoms with Crippen LogP contribution in [-0.4, -0.2) is 4.98 Å². The Kier molecular flexibility index (Phi) is 3.21. The Labute approximate surface area is 113 Å². The number of aromatic nitrogens is 1. The summed E-state index contributed by atoms with van der Waals surface area (Å²) in [7, 11) is 0. The SMILES string of the molecule is Clc1nc2ccc(I)cc2c(Cl)c1Br. The van der Waals surface area contributed by atoms with Crippen molar-refractivity contribution < 1.29 is 0 Å². The molecule has 0 saturated carbocycles. The Hall–Kier alpha value is 0.420. The third kappa shape index (κ3) is 1.87. The van der Waals surface area contributed by atoms with Crippen LogP contribution in [0.2, 0.25) is 10.2 Å². The first-order valence-corrected chi connectivity index (χ1v) is 6.32. The molecule has 0 aliphatic rings. The Bertz CT molecular complexity index is 516. The third-order valence-electron chi connectivity index (χ3n) is 1.79. The van der Waals surface area contributed by atoms with Crippen molar-refractivity contribution >= 4 is 72.6 Å². The first-order valence-electron chi connectivity index (χ1n) is 3.69. The lowest BCUT2D eigenvalue weighted by atomic mass is 10.2. The second-order valence-electron chi connectivity index (χ2n) is 2.69. The summed E-state index contributed by atoms with van der Waals surface area (Å²) >= 11 is 17.5. The first kappa shape index (κ1) is 10.9. The molecule has 72 valence electrons. The van der Waals surface area contributed by atoms with Crippen LogP contribution in [0.1, 0.15) is 0 Å². The largest absolute Gasteiger partial charge is 0.235 e. The van der Waals surface area contributed by atoms with Crippen LogP contribution in [0.4, 0.5) is 0 Å². The van der Waals surface area contributed by atoms with E-state index >= 15 is 0 Å². The van der Waals surface area contributed by atoms with E-state index in [-0.39, 0.29) is 0 Å². The summed E-state index contributed by atoms with van der Waals surface area (Å²) < 4.78 is 1.77. The van der Waals surface area contributed by atoms with Crippen LogP contribution in [0.15, 0.2) is 22.7 Å². The summed E-state index contributed by atoms with van der Waals surface area (Å²) in [6, 6.07) is 5.85. The minimum absolute atomic E-state index is 0.392. The highest BCUT2D eigenvalue weighted by atomic mass is 127. The highest BCUT2D eigenvalue weighted by Gasteiger charge is 2.09. The quantitative estimate of drug-likeness (QED) is 0.451. The number of nitrogens with zero attached hydrogens (tertiary/aromatic N) is 1. The van der Waals surface area contributed by atoms with Gasteiger partial charge in [0.1, 0.15) is 5.15 Å². The van der Waals surface area contributed by atoms with Gasteiger partial charge in [-0.15, -0.1) is 0 Å². The van der Waals surface area contributed by atoms with E-state index in [4.69, 9.17) is 23.2 Å². The molecule has 0 unspecified atom stereocenters. The zero-order valence-electron chi connectivity index (χ0n) is 6.69. The van der Waals surface area contributed by atoms with Gasteiger partial charge in [0.15, 0.2) is 0 Å². The molecule has 14 heavy (non-hydrogen) atoms. The standard InChI is InChI=1S/C9H3BrCl2IN/c10-7-8(11)5-3-4(13)1-2-6(5)14-9(7)12/h1-3H. The summed E-state index contributed by atoms with van der Waals surface area (Å²) in [5.41, 5.74) is 0.809. The van der Waals surface area contributed by atoms with Gasteiger partial charge >= 0.3 is 0 Å². The lowest BCUT2D eigenvalue weighted by molar-refractivity contribution is 1.39. The summed E-state index contributed by atoms with van der Waals surface area (Å²) in [4.78, 5) is 4.21. The van der Waals surface area contributed by atoms with E-state index in [1.807, 2.05) is 18.2 Å². The van der Waals surface area contributed by atoms with E-state index in [1.165, 1.54) is 0 Å².